The van der Waals surface area contributed by atoms with Crippen LogP contribution < -0.4 is 4.74 Å². The van der Waals surface area contributed by atoms with Crippen molar-refractivity contribution in [2.45, 2.75) is 18.0 Å². The zero-order chi connectivity index (χ0) is 21.6. The SMILES string of the molecule is CCS(=O)(=O)c1ccc(OC(=O)O)nc1-c1nc2cc(C(F)(F)F)ncc2n1C. The molecule has 9 nitrogen and oxygen atoms in total. The maximum absolute atomic E-state index is 12.9. The van der Waals surface area contributed by atoms with E-state index in [9.17, 15) is 26.4 Å². The smallest absolute Gasteiger partial charge is 0.449 e. The third-order valence-corrected chi connectivity index (χ3v) is 5.77. The number of hydrogen-bond donors (Lipinski definition) is 1. The van der Waals surface area contributed by atoms with Crippen LogP contribution in [0.3, 0.4) is 0 Å². The molecule has 0 radical (unpaired) electrons. The predicted molar refractivity (Wildman–Crippen MR) is 93.1 cm³/mol. The number of carbonyl (C=O) groups is 1. The highest BCUT2D eigenvalue weighted by atomic mass is 32.2. The third kappa shape index (κ3) is 3.85. The molecule has 0 aliphatic carbocycles. The summed E-state index contributed by atoms with van der Waals surface area (Å²) >= 11 is 0. The summed E-state index contributed by atoms with van der Waals surface area (Å²) in [4.78, 5) is 21.9. The first kappa shape index (κ1) is 20.5. The molecule has 3 aromatic heterocycles. The lowest BCUT2D eigenvalue weighted by Gasteiger charge is -2.10. The Balaban J connectivity index is 2.29. The Morgan fingerprint density at radius 1 is 1.28 bits per heavy atom. The van der Waals surface area contributed by atoms with E-state index in [1.165, 1.54) is 18.5 Å². The van der Waals surface area contributed by atoms with Crippen LogP contribution in [0.25, 0.3) is 22.6 Å². The number of sulfone groups is 1. The van der Waals surface area contributed by atoms with Crippen molar-refractivity contribution in [2.24, 2.45) is 7.05 Å². The summed E-state index contributed by atoms with van der Waals surface area (Å²) < 4.78 is 69.4. The Hall–Kier alpha value is -3.22. The summed E-state index contributed by atoms with van der Waals surface area (Å²) in [7, 11) is -2.38. The fourth-order valence-corrected chi connectivity index (χ4v) is 3.61. The van der Waals surface area contributed by atoms with Crippen molar-refractivity contribution in [3.8, 4) is 17.4 Å². The van der Waals surface area contributed by atoms with E-state index >= 15 is 0 Å². The highest BCUT2D eigenvalue weighted by Gasteiger charge is 2.33. The number of hydrogen-bond acceptors (Lipinski definition) is 7. The molecular weight excluding hydrogens is 417 g/mol. The van der Waals surface area contributed by atoms with Crippen molar-refractivity contribution in [1.29, 1.82) is 0 Å². The van der Waals surface area contributed by atoms with Crippen molar-refractivity contribution in [1.82, 2.24) is 19.5 Å². The molecule has 3 aromatic rings. The van der Waals surface area contributed by atoms with Crippen LogP contribution in [-0.4, -0.2) is 45.0 Å². The fourth-order valence-electron chi connectivity index (χ4n) is 2.60. The van der Waals surface area contributed by atoms with Gasteiger partial charge in [-0.2, -0.15) is 13.2 Å². The van der Waals surface area contributed by atoms with Crippen molar-refractivity contribution in [3.63, 3.8) is 0 Å². The van der Waals surface area contributed by atoms with E-state index in [1.807, 2.05) is 0 Å². The van der Waals surface area contributed by atoms with E-state index in [4.69, 9.17) is 5.11 Å². The van der Waals surface area contributed by atoms with Crippen LogP contribution in [0.5, 0.6) is 5.88 Å². The normalized spacial score (nSPS) is 12.3. The van der Waals surface area contributed by atoms with E-state index in [0.29, 0.717) is 0 Å². The topological polar surface area (TPSA) is 124 Å². The van der Waals surface area contributed by atoms with E-state index in [0.717, 1.165) is 24.4 Å². The van der Waals surface area contributed by atoms with E-state index in [-0.39, 0.29) is 33.2 Å². The van der Waals surface area contributed by atoms with Gasteiger partial charge in [-0.25, -0.2) is 28.2 Å². The Morgan fingerprint density at radius 3 is 2.55 bits per heavy atom. The van der Waals surface area contributed by atoms with Gasteiger partial charge < -0.3 is 14.4 Å². The average Bonchev–Trinajstić information content (AvgIpc) is 2.96. The van der Waals surface area contributed by atoms with E-state index < -0.39 is 33.7 Å². The number of carboxylic acid groups (broad SMARTS) is 1. The molecule has 0 atom stereocenters. The molecule has 0 saturated heterocycles. The zero-order valence-electron chi connectivity index (χ0n) is 14.9. The van der Waals surface area contributed by atoms with Crippen LogP contribution in [0, 0.1) is 0 Å². The predicted octanol–water partition coefficient (Wildman–Crippen LogP) is 2.90. The zero-order valence-corrected chi connectivity index (χ0v) is 15.7. The fraction of sp³-hybridized carbons (Fsp3) is 0.250. The number of aromatic nitrogens is 4. The second kappa shape index (κ2) is 6.99. The molecule has 0 saturated carbocycles. The molecular formula is C16H13F3N4O5S. The van der Waals surface area contributed by atoms with Crippen molar-refractivity contribution < 1.29 is 36.2 Å². The largest absolute Gasteiger partial charge is 0.512 e. The molecule has 154 valence electrons. The number of aryl methyl sites for hydroxylation is 1. The number of ether oxygens (including phenoxy) is 1. The lowest BCUT2D eigenvalue weighted by Crippen LogP contribution is -2.11. The molecule has 0 aliphatic heterocycles. The minimum atomic E-state index is -4.68. The van der Waals surface area contributed by atoms with Crippen molar-refractivity contribution >= 4 is 27.0 Å². The standard InChI is InChI=1S/C16H13F3N4O5S/c1-3-29(26,27)10-4-5-12(28-15(24)25)22-13(10)14-21-8-6-11(16(17,18)19)20-7-9(8)23(14)2/h4-7H,3H2,1-2H3,(H,24,25). The summed E-state index contributed by atoms with van der Waals surface area (Å²) in [5.74, 6) is -0.794. The minimum absolute atomic E-state index is 0.0870. The molecule has 3 rings (SSSR count). The quantitative estimate of drug-likeness (QED) is 0.627. The van der Waals surface area contributed by atoms with Gasteiger partial charge in [0.25, 0.3) is 0 Å². The van der Waals surface area contributed by atoms with Gasteiger partial charge in [0, 0.05) is 13.1 Å². The number of halogens is 3. The number of imidazole rings is 1. The maximum atomic E-state index is 12.9. The maximum Gasteiger partial charge on any atom is 0.512 e. The number of rotatable bonds is 4. The molecule has 0 spiro atoms. The second-order valence-electron chi connectivity index (χ2n) is 5.82. The minimum Gasteiger partial charge on any atom is -0.449 e. The number of fused-ring (bicyclic) bond motifs is 1. The molecule has 1 N–H and O–H groups in total. The number of nitrogens with zero attached hydrogens (tertiary/aromatic N) is 4. The first-order valence-electron chi connectivity index (χ1n) is 7.98. The van der Waals surface area contributed by atoms with Crippen LogP contribution in [0.4, 0.5) is 18.0 Å². The van der Waals surface area contributed by atoms with Crippen LogP contribution in [-0.2, 0) is 23.1 Å². The summed E-state index contributed by atoms with van der Waals surface area (Å²) in [6.07, 6.45) is -5.39. The van der Waals surface area contributed by atoms with Gasteiger partial charge in [0.05, 0.1) is 27.9 Å². The van der Waals surface area contributed by atoms with Crippen molar-refractivity contribution in [2.75, 3.05) is 5.75 Å². The van der Waals surface area contributed by atoms with Crippen LogP contribution in [0.1, 0.15) is 12.6 Å². The monoisotopic (exact) mass is 430 g/mol. The second-order valence-corrected chi connectivity index (χ2v) is 8.06. The summed E-state index contributed by atoms with van der Waals surface area (Å²) in [6, 6.07) is 2.90. The lowest BCUT2D eigenvalue weighted by atomic mass is 10.3. The van der Waals surface area contributed by atoms with Gasteiger partial charge in [-0.1, -0.05) is 6.92 Å². The molecule has 3 heterocycles. The van der Waals surface area contributed by atoms with Crippen LogP contribution >= 0.6 is 0 Å². The van der Waals surface area contributed by atoms with Gasteiger partial charge in [-0.05, 0) is 12.1 Å². The molecule has 13 heteroatoms. The first-order valence-corrected chi connectivity index (χ1v) is 9.64. The van der Waals surface area contributed by atoms with Gasteiger partial charge in [0.1, 0.15) is 11.4 Å². The average molecular weight is 430 g/mol. The summed E-state index contributed by atoms with van der Waals surface area (Å²) in [6.45, 7) is 1.40. The highest BCUT2D eigenvalue weighted by Crippen LogP contribution is 2.33. The Morgan fingerprint density at radius 2 is 1.97 bits per heavy atom. The molecule has 0 aromatic carbocycles. The van der Waals surface area contributed by atoms with Gasteiger partial charge in [0.15, 0.2) is 15.7 Å². The number of pyridine rings is 2. The van der Waals surface area contributed by atoms with E-state index in [2.05, 4.69) is 19.7 Å². The van der Waals surface area contributed by atoms with Crippen molar-refractivity contribution in [3.05, 3.63) is 30.1 Å². The van der Waals surface area contributed by atoms with Crippen LogP contribution in [0.2, 0.25) is 0 Å². The van der Waals surface area contributed by atoms with Gasteiger partial charge >= 0.3 is 12.3 Å². The first-order chi connectivity index (χ1) is 13.4. The molecule has 29 heavy (non-hydrogen) atoms. The van der Waals surface area contributed by atoms with Gasteiger partial charge in [-0.3, -0.25) is 0 Å². The molecule has 0 aliphatic rings. The lowest BCUT2D eigenvalue weighted by molar-refractivity contribution is -0.141. The third-order valence-electron chi connectivity index (χ3n) is 4.01. The molecule has 0 bridgehead atoms. The highest BCUT2D eigenvalue weighted by molar-refractivity contribution is 7.91. The summed E-state index contributed by atoms with van der Waals surface area (Å²) in [5, 5.41) is 8.76. The summed E-state index contributed by atoms with van der Waals surface area (Å²) in [5.41, 5.74) is -1.31. The molecule has 0 fully saturated rings. The number of alkyl halides is 3. The Kier molecular flexibility index (Phi) is 4.94. The van der Waals surface area contributed by atoms with Gasteiger partial charge in [-0.15, -0.1) is 0 Å². The van der Waals surface area contributed by atoms with E-state index in [1.54, 1.807) is 0 Å². The van der Waals surface area contributed by atoms with Gasteiger partial charge in [0.2, 0.25) is 5.88 Å². The Labute approximate surface area is 161 Å². The molecule has 0 unspecified atom stereocenters. The van der Waals surface area contributed by atoms with Crippen LogP contribution in [0.15, 0.2) is 29.3 Å². The Bertz CT molecular complexity index is 1220. The molecule has 0 amide bonds.